The van der Waals surface area contributed by atoms with E-state index in [0.29, 0.717) is 11.3 Å². The fourth-order valence-corrected chi connectivity index (χ4v) is 3.08. The van der Waals surface area contributed by atoms with Crippen LogP contribution in [0.5, 0.6) is 5.75 Å². The number of rotatable bonds is 5. The second-order valence-electron chi connectivity index (χ2n) is 5.84. The summed E-state index contributed by atoms with van der Waals surface area (Å²) in [4.78, 5) is 0. The summed E-state index contributed by atoms with van der Waals surface area (Å²) in [5.41, 5.74) is 0.647. The van der Waals surface area contributed by atoms with E-state index in [9.17, 15) is 4.39 Å². The van der Waals surface area contributed by atoms with Gasteiger partial charge in [0.1, 0.15) is 11.6 Å². The molecule has 1 aliphatic carbocycles. The number of hydrogen-bond donors (Lipinski definition) is 1. The van der Waals surface area contributed by atoms with Crippen LogP contribution < -0.4 is 10.1 Å². The van der Waals surface area contributed by atoms with E-state index in [-0.39, 0.29) is 18.0 Å². The second kappa shape index (κ2) is 7.07. The molecule has 3 unspecified atom stereocenters. The van der Waals surface area contributed by atoms with Crippen molar-refractivity contribution >= 4 is 0 Å². The maximum absolute atomic E-state index is 14.1. The highest BCUT2D eigenvalue weighted by atomic mass is 19.1. The van der Waals surface area contributed by atoms with E-state index in [2.05, 4.69) is 12.2 Å². The van der Waals surface area contributed by atoms with E-state index in [1.54, 1.807) is 6.07 Å². The molecule has 1 aromatic carbocycles. The summed E-state index contributed by atoms with van der Waals surface area (Å²) in [5.74, 6) is 1.27. The molecule has 0 amide bonds. The van der Waals surface area contributed by atoms with E-state index in [1.807, 2.05) is 20.0 Å². The first-order valence-electron chi connectivity index (χ1n) is 7.78. The lowest BCUT2D eigenvalue weighted by Gasteiger charge is -2.30. The molecule has 1 N–H and O–H groups in total. The van der Waals surface area contributed by atoms with Crippen molar-refractivity contribution in [1.82, 2.24) is 5.32 Å². The quantitative estimate of drug-likeness (QED) is 0.859. The van der Waals surface area contributed by atoms with Gasteiger partial charge in [0, 0.05) is 11.6 Å². The molecule has 20 heavy (non-hydrogen) atoms. The van der Waals surface area contributed by atoms with Crippen molar-refractivity contribution < 1.29 is 9.13 Å². The smallest absolute Gasteiger partial charge is 0.131 e. The average Bonchev–Trinajstić information content (AvgIpc) is 2.47. The normalized spacial score (nSPS) is 24.4. The predicted octanol–water partition coefficient (Wildman–Crippen LogP) is 4.45. The van der Waals surface area contributed by atoms with Crippen LogP contribution in [-0.2, 0) is 0 Å². The molecule has 1 saturated carbocycles. The fraction of sp³-hybridized carbons (Fsp3) is 0.647. The molecule has 2 nitrogen and oxygen atoms in total. The van der Waals surface area contributed by atoms with Crippen LogP contribution in [0.15, 0.2) is 18.2 Å². The van der Waals surface area contributed by atoms with Crippen molar-refractivity contribution in [3.05, 3.63) is 29.6 Å². The van der Waals surface area contributed by atoms with Crippen LogP contribution in [0.25, 0.3) is 0 Å². The zero-order valence-corrected chi connectivity index (χ0v) is 12.8. The molecule has 2 rings (SSSR count). The molecule has 0 bridgehead atoms. The Hall–Kier alpha value is -1.09. The van der Waals surface area contributed by atoms with E-state index in [1.165, 1.54) is 25.3 Å². The maximum Gasteiger partial charge on any atom is 0.131 e. The molecule has 1 aliphatic rings. The van der Waals surface area contributed by atoms with Crippen molar-refractivity contribution in [3.63, 3.8) is 0 Å². The molecule has 3 heteroatoms. The molecule has 0 aromatic heterocycles. The van der Waals surface area contributed by atoms with Gasteiger partial charge in [0.15, 0.2) is 0 Å². The van der Waals surface area contributed by atoms with Gasteiger partial charge in [0.25, 0.3) is 0 Å². The summed E-state index contributed by atoms with van der Waals surface area (Å²) < 4.78 is 20.2. The third-order valence-corrected chi connectivity index (χ3v) is 4.48. The number of hydrogen-bond acceptors (Lipinski definition) is 2. The Labute approximate surface area is 121 Å². The SMILES string of the molecule is CCC1CCCC(Oc2cccc(F)c2C(C)NC)C1. The van der Waals surface area contributed by atoms with Crippen LogP contribution in [0.3, 0.4) is 0 Å². The highest BCUT2D eigenvalue weighted by Gasteiger charge is 2.24. The summed E-state index contributed by atoms with van der Waals surface area (Å²) in [6.07, 6.45) is 6.15. The van der Waals surface area contributed by atoms with Gasteiger partial charge in [-0.3, -0.25) is 0 Å². The molecule has 112 valence electrons. The van der Waals surface area contributed by atoms with Crippen LogP contribution in [0, 0.1) is 11.7 Å². The first-order valence-corrected chi connectivity index (χ1v) is 7.78. The zero-order valence-electron chi connectivity index (χ0n) is 12.8. The largest absolute Gasteiger partial charge is 0.490 e. The number of halogens is 1. The Morgan fingerprint density at radius 2 is 2.20 bits per heavy atom. The van der Waals surface area contributed by atoms with Crippen molar-refractivity contribution in [2.45, 2.75) is 58.1 Å². The molecule has 1 aromatic rings. The van der Waals surface area contributed by atoms with Crippen LogP contribution in [-0.4, -0.2) is 13.2 Å². The number of ether oxygens (including phenoxy) is 1. The predicted molar refractivity (Wildman–Crippen MR) is 80.5 cm³/mol. The van der Waals surface area contributed by atoms with Gasteiger partial charge in [0.05, 0.1) is 6.10 Å². The Kier molecular flexibility index (Phi) is 5.41. The molecule has 0 radical (unpaired) electrons. The van der Waals surface area contributed by atoms with Crippen molar-refractivity contribution in [2.24, 2.45) is 5.92 Å². The van der Waals surface area contributed by atoms with Gasteiger partial charge >= 0.3 is 0 Å². The third-order valence-electron chi connectivity index (χ3n) is 4.48. The minimum atomic E-state index is -0.188. The standard InChI is InChI=1S/C17H26FNO/c1-4-13-7-5-8-14(11-13)20-16-10-6-9-15(18)17(16)12(2)19-3/h6,9-10,12-14,19H,4-5,7-8,11H2,1-3H3. The average molecular weight is 279 g/mol. The summed E-state index contributed by atoms with van der Waals surface area (Å²) in [7, 11) is 1.84. The lowest BCUT2D eigenvalue weighted by atomic mass is 9.85. The Balaban J connectivity index is 2.14. The Morgan fingerprint density at radius 3 is 2.90 bits per heavy atom. The van der Waals surface area contributed by atoms with Gasteiger partial charge in [-0.2, -0.15) is 0 Å². The lowest BCUT2D eigenvalue weighted by Crippen LogP contribution is -2.26. The first kappa shape index (κ1) is 15.3. The number of benzene rings is 1. The van der Waals surface area contributed by atoms with Crippen molar-refractivity contribution in [2.75, 3.05) is 7.05 Å². The van der Waals surface area contributed by atoms with Gasteiger partial charge in [-0.1, -0.05) is 25.8 Å². The topological polar surface area (TPSA) is 21.3 Å². The number of nitrogens with one attached hydrogen (secondary N) is 1. The Bertz CT molecular complexity index is 435. The highest BCUT2D eigenvalue weighted by molar-refractivity contribution is 5.37. The Morgan fingerprint density at radius 1 is 1.40 bits per heavy atom. The van der Waals surface area contributed by atoms with Gasteiger partial charge in [-0.15, -0.1) is 0 Å². The fourth-order valence-electron chi connectivity index (χ4n) is 3.08. The van der Waals surface area contributed by atoms with Crippen LogP contribution >= 0.6 is 0 Å². The van der Waals surface area contributed by atoms with Gasteiger partial charge < -0.3 is 10.1 Å². The first-order chi connectivity index (χ1) is 9.65. The molecular weight excluding hydrogens is 253 g/mol. The van der Waals surface area contributed by atoms with E-state index in [4.69, 9.17) is 4.74 Å². The van der Waals surface area contributed by atoms with Crippen molar-refractivity contribution in [1.29, 1.82) is 0 Å². The van der Waals surface area contributed by atoms with E-state index in [0.717, 1.165) is 18.8 Å². The highest BCUT2D eigenvalue weighted by Crippen LogP contribution is 2.33. The van der Waals surface area contributed by atoms with E-state index < -0.39 is 0 Å². The maximum atomic E-state index is 14.1. The van der Waals surface area contributed by atoms with Gasteiger partial charge in [-0.05, 0) is 51.3 Å². The second-order valence-corrected chi connectivity index (χ2v) is 5.84. The van der Waals surface area contributed by atoms with Gasteiger partial charge in [-0.25, -0.2) is 4.39 Å². The summed E-state index contributed by atoms with van der Waals surface area (Å²) in [6, 6.07) is 5.08. The van der Waals surface area contributed by atoms with Crippen LogP contribution in [0.2, 0.25) is 0 Å². The molecule has 0 heterocycles. The van der Waals surface area contributed by atoms with Crippen LogP contribution in [0.4, 0.5) is 4.39 Å². The molecule has 0 aliphatic heterocycles. The van der Waals surface area contributed by atoms with Crippen molar-refractivity contribution in [3.8, 4) is 5.75 Å². The molecule has 1 fully saturated rings. The molecule has 0 saturated heterocycles. The van der Waals surface area contributed by atoms with Gasteiger partial charge in [0.2, 0.25) is 0 Å². The third kappa shape index (κ3) is 3.51. The molecular formula is C17H26FNO. The molecule has 3 atom stereocenters. The minimum absolute atomic E-state index is 0.0447. The lowest BCUT2D eigenvalue weighted by molar-refractivity contribution is 0.120. The zero-order chi connectivity index (χ0) is 14.5. The summed E-state index contributed by atoms with van der Waals surface area (Å²) >= 11 is 0. The van der Waals surface area contributed by atoms with Crippen LogP contribution in [0.1, 0.15) is 57.6 Å². The van der Waals surface area contributed by atoms with E-state index >= 15 is 0 Å². The monoisotopic (exact) mass is 279 g/mol. The molecule has 0 spiro atoms. The summed E-state index contributed by atoms with van der Waals surface area (Å²) in [6.45, 7) is 4.20. The minimum Gasteiger partial charge on any atom is -0.490 e. The summed E-state index contributed by atoms with van der Waals surface area (Å²) in [5, 5.41) is 3.10.